The predicted octanol–water partition coefficient (Wildman–Crippen LogP) is 2.70. The molecule has 1 heterocycles. The molecule has 2 aromatic carbocycles. The van der Waals surface area contributed by atoms with Crippen LogP contribution in [0.15, 0.2) is 41.3 Å². The van der Waals surface area contributed by atoms with Gasteiger partial charge in [0.05, 0.1) is 6.61 Å². The minimum absolute atomic E-state index is 0.238. The van der Waals surface area contributed by atoms with E-state index in [0.717, 1.165) is 23.8 Å². The van der Waals surface area contributed by atoms with E-state index < -0.39 is 26.6 Å². The van der Waals surface area contributed by atoms with E-state index in [1.165, 1.54) is 6.07 Å². The summed E-state index contributed by atoms with van der Waals surface area (Å²) in [6, 6.07) is 7.61. The van der Waals surface area contributed by atoms with Crippen LogP contribution in [0.5, 0.6) is 5.75 Å². The Balaban J connectivity index is 1.97. The Hall–Kier alpha value is -2.15. The fourth-order valence-electron chi connectivity index (χ4n) is 2.20. The summed E-state index contributed by atoms with van der Waals surface area (Å²) in [4.78, 5) is -0.984. The van der Waals surface area contributed by atoms with E-state index in [4.69, 9.17) is 4.74 Å². The van der Waals surface area contributed by atoms with Gasteiger partial charge in [0.25, 0.3) is 10.0 Å². The van der Waals surface area contributed by atoms with Gasteiger partial charge in [0.1, 0.15) is 17.4 Å². The number of benzene rings is 2. The largest absolute Gasteiger partial charge is 0.493 e. The second-order valence-corrected chi connectivity index (χ2v) is 6.20. The molecule has 1 aliphatic heterocycles. The third-order valence-corrected chi connectivity index (χ3v) is 4.56. The standard InChI is InChI=1S/C14H11F2NO3S/c15-11-2-1-3-12(16)14(11)21(18,19)17-10-4-5-13-9(8-10)6-7-20-13/h1-5,8,17H,6-7H2. The number of halogens is 2. The number of anilines is 1. The highest BCUT2D eigenvalue weighted by atomic mass is 32.2. The molecule has 7 heteroatoms. The Morgan fingerprint density at radius 1 is 1.10 bits per heavy atom. The Labute approximate surface area is 120 Å². The highest BCUT2D eigenvalue weighted by molar-refractivity contribution is 7.92. The van der Waals surface area contributed by atoms with Gasteiger partial charge in [0.15, 0.2) is 4.90 Å². The third kappa shape index (κ3) is 2.56. The number of sulfonamides is 1. The van der Waals surface area contributed by atoms with Crippen LogP contribution < -0.4 is 9.46 Å². The van der Waals surface area contributed by atoms with Crippen LogP contribution in [0.3, 0.4) is 0 Å². The quantitative estimate of drug-likeness (QED) is 0.948. The van der Waals surface area contributed by atoms with Crippen LogP contribution in [0.1, 0.15) is 5.56 Å². The van der Waals surface area contributed by atoms with Crippen LogP contribution in [-0.2, 0) is 16.4 Å². The maximum Gasteiger partial charge on any atom is 0.267 e. The minimum atomic E-state index is -4.33. The molecule has 0 unspecified atom stereocenters. The van der Waals surface area contributed by atoms with Gasteiger partial charge in [-0.2, -0.15) is 0 Å². The maximum absolute atomic E-state index is 13.6. The second-order valence-electron chi connectivity index (χ2n) is 4.58. The number of hydrogen-bond acceptors (Lipinski definition) is 3. The van der Waals surface area contributed by atoms with Crippen molar-refractivity contribution in [3.63, 3.8) is 0 Å². The lowest BCUT2D eigenvalue weighted by molar-refractivity contribution is 0.357. The number of nitrogens with one attached hydrogen (secondary N) is 1. The number of rotatable bonds is 3. The van der Waals surface area contributed by atoms with Crippen molar-refractivity contribution < 1.29 is 21.9 Å². The monoisotopic (exact) mass is 311 g/mol. The number of ether oxygens (including phenoxy) is 1. The maximum atomic E-state index is 13.6. The summed E-state index contributed by atoms with van der Waals surface area (Å²) in [6.45, 7) is 0.535. The van der Waals surface area contributed by atoms with Gasteiger partial charge in [-0.05, 0) is 35.9 Å². The van der Waals surface area contributed by atoms with Crippen molar-refractivity contribution in [3.05, 3.63) is 53.6 Å². The summed E-state index contributed by atoms with van der Waals surface area (Å²) >= 11 is 0. The molecule has 110 valence electrons. The first kappa shape index (κ1) is 13.8. The van der Waals surface area contributed by atoms with Crippen LogP contribution in [-0.4, -0.2) is 15.0 Å². The summed E-state index contributed by atoms with van der Waals surface area (Å²) < 4.78 is 58.9. The van der Waals surface area contributed by atoms with Gasteiger partial charge < -0.3 is 4.74 Å². The van der Waals surface area contributed by atoms with E-state index in [1.807, 2.05) is 0 Å². The molecule has 0 fully saturated rings. The summed E-state index contributed by atoms with van der Waals surface area (Å²) in [6.07, 6.45) is 0.666. The van der Waals surface area contributed by atoms with Gasteiger partial charge in [-0.1, -0.05) is 6.07 Å². The van der Waals surface area contributed by atoms with Crippen molar-refractivity contribution in [2.75, 3.05) is 11.3 Å². The van der Waals surface area contributed by atoms with Gasteiger partial charge in [-0.3, -0.25) is 4.72 Å². The lowest BCUT2D eigenvalue weighted by Gasteiger charge is -2.10. The average molecular weight is 311 g/mol. The summed E-state index contributed by atoms with van der Waals surface area (Å²) in [7, 11) is -4.33. The van der Waals surface area contributed by atoms with E-state index in [0.29, 0.717) is 18.8 Å². The molecule has 4 nitrogen and oxygen atoms in total. The predicted molar refractivity (Wildman–Crippen MR) is 72.8 cm³/mol. The fourth-order valence-corrected chi connectivity index (χ4v) is 3.38. The van der Waals surface area contributed by atoms with Crippen molar-refractivity contribution in [1.82, 2.24) is 0 Å². The SMILES string of the molecule is O=S(=O)(Nc1ccc2c(c1)CCO2)c1c(F)cccc1F. The Bertz CT molecular complexity index is 786. The smallest absolute Gasteiger partial charge is 0.267 e. The second kappa shape index (κ2) is 5.00. The first-order valence-corrected chi connectivity index (χ1v) is 7.68. The van der Waals surface area contributed by atoms with Gasteiger partial charge in [-0.25, -0.2) is 17.2 Å². The normalized spacial score (nSPS) is 13.6. The molecular formula is C14H11F2NO3S. The van der Waals surface area contributed by atoms with E-state index in [-0.39, 0.29) is 5.69 Å². The van der Waals surface area contributed by atoms with Crippen LogP contribution in [0.2, 0.25) is 0 Å². The first-order chi connectivity index (χ1) is 9.97. The fraction of sp³-hybridized carbons (Fsp3) is 0.143. The third-order valence-electron chi connectivity index (χ3n) is 3.13. The van der Waals surface area contributed by atoms with E-state index >= 15 is 0 Å². The zero-order chi connectivity index (χ0) is 15.0. The number of hydrogen-bond donors (Lipinski definition) is 1. The highest BCUT2D eigenvalue weighted by Crippen LogP contribution is 2.29. The van der Waals surface area contributed by atoms with Crippen molar-refractivity contribution in [2.24, 2.45) is 0 Å². The Morgan fingerprint density at radius 3 is 2.52 bits per heavy atom. The molecule has 3 rings (SSSR count). The summed E-state index contributed by atoms with van der Waals surface area (Å²) in [5, 5.41) is 0. The Kier molecular flexibility index (Phi) is 3.29. The molecule has 0 radical (unpaired) electrons. The molecule has 2 aromatic rings. The molecule has 0 bridgehead atoms. The van der Waals surface area contributed by atoms with Crippen molar-refractivity contribution in [3.8, 4) is 5.75 Å². The van der Waals surface area contributed by atoms with Crippen LogP contribution >= 0.6 is 0 Å². The molecule has 0 aliphatic carbocycles. The van der Waals surface area contributed by atoms with Crippen LogP contribution in [0.25, 0.3) is 0 Å². The molecule has 0 amide bonds. The molecule has 0 saturated carbocycles. The van der Waals surface area contributed by atoms with Gasteiger partial charge >= 0.3 is 0 Å². The average Bonchev–Trinajstić information content (AvgIpc) is 2.85. The zero-order valence-electron chi connectivity index (χ0n) is 10.8. The molecule has 21 heavy (non-hydrogen) atoms. The zero-order valence-corrected chi connectivity index (χ0v) is 11.6. The highest BCUT2D eigenvalue weighted by Gasteiger charge is 2.24. The van der Waals surface area contributed by atoms with Crippen molar-refractivity contribution >= 4 is 15.7 Å². The van der Waals surface area contributed by atoms with E-state index in [9.17, 15) is 17.2 Å². The van der Waals surface area contributed by atoms with Crippen molar-refractivity contribution in [2.45, 2.75) is 11.3 Å². The van der Waals surface area contributed by atoms with Crippen LogP contribution in [0, 0.1) is 11.6 Å². The molecule has 1 aliphatic rings. The topological polar surface area (TPSA) is 55.4 Å². The van der Waals surface area contributed by atoms with Gasteiger partial charge in [0, 0.05) is 12.1 Å². The number of fused-ring (bicyclic) bond motifs is 1. The molecular weight excluding hydrogens is 300 g/mol. The molecule has 1 N–H and O–H groups in total. The van der Waals surface area contributed by atoms with Gasteiger partial charge in [-0.15, -0.1) is 0 Å². The lowest BCUT2D eigenvalue weighted by Crippen LogP contribution is -2.16. The summed E-state index contributed by atoms with van der Waals surface area (Å²) in [5.74, 6) is -1.57. The van der Waals surface area contributed by atoms with Crippen LogP contribution in [0.4, 0.5) is 14.5 Å². The minimum Gasteiger partial charge on any atom is -0.493 e. The molecule has 0 aromatic heterocycles. The molecule has 0 spiro atoms. The Morgan fingerprint density at radius 2 is 1.81 bits per heavy atom. The van der Waals surface area contributed by atoms with Gasteiger partial charge in [0.2, 0.25) is 0 Å². The first-order valence-electron chi connectivity index (χ1n) is 6.20. The van der Waals surface area contributed by atoms with E-state index in [2.05, 4.69) is 4.72 Å². The van der Waals surface area contributed by atoms with E-state index in [1.54, 1.807) is 12.1 Å². The lowest BCUT2D eigenvalue weighted by atomic mass is 10.1. The molecule has 0 saturated heterocycles. The van der Waals surface area contributed by atoms with Crippen molar-refractivity contribution in [1.29, 1.82) is 0 Å². The molecule has 0 atom stereocenters. The summed E-state index contributed by atoms with van der Waals surface area (Å²) in [5.41, 5.74) is 1.09.